The lowest BCUT2D eigenvalue weighted by atomic mass is 10.1. The molecule has 0 aliphatic heterocycles. The average molecular weight is 218 g/mol. The van der Waals surface area contributed by atoms with Gasteiger partial charge in [0.25, 0.3) is 0 Å². The monoisotopic (exact) mass is 218 g/mol. The van der Waals surface area contributed by atoms with E-state index in [-0.39, 0.29) is 5.78 Å². The number of Topliss-reactive ketones (excluding diaryl/α,β-unsaturated/α-hetero) is 1. The Hall–Kier alpha value is -1.64. The van der Waals surface area contributed by atoms with Gasteiger partial charge in [0.05, 0.1) is 0 Å². The van der Waals surface area contributed by atoms with Crippen LogP contribution in [0.25, 0.3) is 0 Å². The van der Waals surface area contributed by atoms with Gasteiger partial charge in [-0.25, -0.2) is 0 Å². The molecular weight excluding hydrogens is 200 g/mol. The van der Waals surface area contributed by atoms with Crippen LogP contribution >= 0.6 is 0 Å². The molecule has 0 spiro atoms. The molecule has 0 heterocycles. The van der Waals surface area contributed by atoms with E-state index < -0.39 is 0 Å². The Labute approximate surface area is 96.8 Å². The average Bonchev–Trinajstić information content (AvgIpc) is 2.26. The van der Waals surface area contributed by atoms with Gasteiger partial charge in [0.2, 0.25) is 0 Å². The van der Waals surface area contributed by atoms with Crippen molar-refractivity contribution in [3.05, 3.63) is 35.9 Å². The largest absolute Gasteiger partial charge is 0.303 e. The molecule has 0 bridgehead atoms. The maximum Gasteiger partial charge on any atom is 0.163 e. The number of hydrazone groups is 1. The zero-order chi connectivity index (χ0) is 12.0. The third-order valence-corrected chi connectivity index (χ3v) is 2.18. The molecule has 0 saturated carbocycles. The Morgan fingerprint density at radius 2 is 1.81 bits per heavy atom. The molecule has 0 aliphatic carbocycles. The van der Waals surface area contributed by atoms with E-state index in [4.69, 9.17) is 0 Å². The fourth-order valence-corrected chi connectivity index (χ4v) is 1.45. The summed E-state index contributed by atoms with van der Waals surface area (Å²) in [6, 6.07) is 9.37. The zero-order valence-corrected chi connectivity index (χ0v) is 10.1. The topological polar surface area (TPSA) is 32.7 Å². The van der Waals surface area contributed by atoms with Crippen molar-refractivity contribution in [1.29, 1.82) is 0 Å². The highest BCUT2D eigenvalue weighted by molar-refractivity contribution is 5.98. The maximum absolute atomic E-state index is 11.8. The fourth-order valence-electron chi connectivity index (χ4n) is 1.45. The molecule has 0 N–H and O–H groups in total. The first-order valence-corrected chi connectivity index (χ1v) is 5.39. The highest BCUT2D eigenvalue weighted by Crippen LogP contribution is 2.05. The van der Waals surface area contributed by atoms with E-state index in [0.29, 0.717) is 12.8 Å². The Bertz CT molecular complexity index is 369. The van der Waals surface area contributed by atoms with Crippen LogP contribution in [0.2, 0.25) is 0 Å². The van der Waals surface area contributed by atoms with Gasteiger partial charge in [-0.05, 0) is 13.3 Å². The standard InChI is InChI=1S/C13H18N2O/c1-11(14-15(2)3)9-10-13(16)12-7-5-4-6-8-12/h4-8H,9-10H2,1-3H3. The van der Waals surface area contributed by atoms with Crippen molar-refractivity contribution in [3.8, 4) is 0 Å². The van der Waals surface area contributed by atoms with Crippen LogP contribution in [0.1, 0.15) is 30.1 Å². The Morgan fingerprint density at radius 3 is 2.38 bits per heavy atom. The molecule has 3 heteroatoms. The van der Waals surface area contributed by atoms with Crippen molar-refractivity contribution < 1.29 is 4.79 Å². The molecular formula is C13H18N2O. The van der Waals surface area contributed by atoms with Gasteiger partial charge in [0, 0.05) is 31.8 Å². The quantitative estimate of drug-likeness (QED) is 0.432. The molecule has 0 radical (unpaired) electrons. The predicted octanol–water partition coefficient (Wildman–Crippen LogP) is 2.59. The normalized spacial score (nSPS) is 11.3. The first kappa shape index (κ1) is 12.4. The molecule has 0 saturated heterocycles. The van der Waals surface area contributed by atoms with E-state index in [9.17, 15) is 4.79 Å². The number of rotatable bonds is 5. The Kier molecular flexibility index (Phi) is 4.70. The van der Waals surface area contributed by atoms with Crippen LogP contribution in [0, 0.1) is 0 Å². The molecule has 0 aliphatic rings. The molecule has 0 atom stereocenters. The number of carbonyl (C=O) groups excluding carboxylic acids is 1. The minimum atomic E-state index is 0.175. The van der Waals surface area contributed by atoms with Crippen LogP contribution < -0.4 is 0 Å². The third-order valence-electron chi connectivity index (χ3n) is 2.18. The van der Waals surface area contributed by atoms with Gasteiger partial charge < -0.3 is 5.01 Å². The molecule has 86 valence electrons. The molecule has 1 aromatic rings. The summed E-state index contributed by atoms with van der Waals surface area (Å²) in [7, 11) is 3.75. The van der Waals surface area contributed by atoms with Crippen molar-refractivity contribution in [1.82, 2.24) is 5.01 Å². The number of ketones is 1. The highest BCUT2D eigenvalue weighted by Gasteiger charge is 2.05. The fraction of sp³-hybridized carbons (Fsp3) is 0.385. The summed E-state index contributed by atoms with van der Waals surface area (Å²) < 4.78 is 0. The molecule has 0 unspecified atom stereocenters. The number of nitrogens with zero attached hydrogens (tertiary/aromatic N) is 2. The SMILES string of the molecule is CC(CCC(=O)c1ccccc1)=NN(C)C. The molecule has 3 nitrogen and oxygen atoms in total. The minimum absolute atomic E-state index is 0.175. The van der Waals surface area contributed by atoms with Crippen LogP contribution in [0.15, 0.2) is 35.4 Å². The second-order valence-corrected chi connectivity index (χ2v) is 3.97. The van der Waals surface area contributed by atoms with Crippen LogP contribution in [0.4, 0.5) is 0 Å². The van der Waals surface area contributed by atoms with Gasteiger partial charge in [-0.1, -0.05) is 30.3 Å². The molecule has 16 heavy (non-hydrogen) atoms. The Morgan fingerprint density at radius 1 is 1.19 bits per heavy atom. The lowest BCUT2D eigenvalue weighted by Crippen LogP contribution is -2.08. The van der Waals surface area contributed by atoms with Gasteiger partial charge in [0.15, 0.2) is 5.78 Å². The predicted molar refractivity (Wildman–Crippen MR) is 66.8 cm³/mol. The Balaban J connectivity index is 2.48. The zero-order valence-electron chi connectivity index (χ0n) is 10.1. The van der Waals surface area contributed by atoms with Crippen LogP contribution in [0.3, 0.4) is 0 Å². The summed E-state index contributed by atoms with van der Waals surface area (Å²) >= 11 is 0. The summed E-state index contributed by atoms with van der Waals surface area (Å²) in [5.74, 6) is 0.175. The first-order valence-electron chi connectivity index (χ1n) is 5.39. The summed E-state index contributed by atoms with van der Waals surface area (Å²) in [4.78, 5) is 11.8. The number of benzene rings is 1. The van der Waals surface area contributed by atoms with Crippen LogP contribution in [-0.2, 0) is 0 Å². The van der Waals surface area contributed by atoms with E-state index in [2.05, 4.69) is 5.10 Å². The molecule has 1 rings (SSSR count). The molecule has 0 fully saturated rings. The summed E-state index contributed by atoms with van der Waals surface area (Å²) in [6.45, 7) is 1.94. The molecule has 0 amide bonds. The number of hydrogen-bond donors (Lipinski definition) is 0. The van der Waals surface area contributed by atoms with Crippen LogP contribution in [0.5, 0.6) is 0 Å². The number of carbonyl (C=O) groups is 1. The lowest BCUT2D eigenvalue weighted by molar-refractivity contribution is 0.0984. The van der Waals surface area contributed by atoms with E-state index in [1.54, 1.807) is 5.01 Å². The molecule has 0 aromatic heterocycles. The van der Waals surface area contributed by atoms with E-state index >= 15 is 0 Å². The lowest BCUT2D eigenvalue weighted by Gasteiger charge is -2.06. The van der Waals surface area contributed by atoms with Gasteiger partial charge >= 0.3 is 0 Å². The van der Waals surface area contributed by atoms with Gasteiger partial charge in [0.1, 0.15) is 0 Å². The van der Waals surface area contributed by atoms with Gasteiger partial charge in [-0.15, -0.1) is 0 Å². The third kappa shape index (κ3) is 4.26. The number of hydrogen-bond acceptors (Lipinski definition) is 3. The summed E-state index contributed by atoms with van der Waals surface area (Å²) in [5.41, 5.74) is 1.76. The minimum Gasteiger partial charge on any atom is -0.303 e. The maximum atomic E-state index is 11.8. The summed E-state index contributed by atoms with van der Waals surface area (Å²) in [5, 5.41) is 5.99. The van der Waals surface area contributed by atoms with Crippen molar-refractivity contribution >= 4 is 11.5 Å². The van der Waals surface area contributed by atoms with Crippen molar-refractivity contribution in [2.75, 3.05) is 14.1 Å². The highest BCUT2D eigenvalue weighted by atomic mass is 16.1. The van der Waals surface area contributed by atoms with E-state index in [1.807, 2.05) is 51.4 Å². The second-order valence-electron chi connectivity index (χ2n) is 3.97. The van der Waals surface area contributed by atoms with E-state index in [1.165, 1.54) is 0 Å². The first-order chi connectivity index (χ1) is 7.59. The van der Waals surface area contributed by atoms with Crippen LogP contribution in [-0.4, -0.2) is 30.6 Å². The van der Waals surface area contributed by atoms with Gasteiger partial charge in [-0.3, -0.25) is 4.79 Å². The molecule has 1 aromatic carbocycles. The summed E-state index contributed by atoms with van der Waals surface area (Å²) in [6.07, 6.45) is 1.24. The van der Waals surface area contributed by atoms with Crippen molar-refractivity contribution in [3.63, 3.8) is 0 Å². The van der Waals surface area contributed by atoms with Gasteiger partial charge in [-0.2, -0.15) is 5.10 Å². The van der Waals surface area contributed by atoms with Crippen molar-refractivity contribution in [2.24, 2.45) is 5.10 Å². The van der Waals surface area contributed by atoms with Crippen molar-refractivity contribution in [2.45, 2.75) is 19.8 Å². The van der Waals surface area contributed by atoms with E-state index in [0.717, 1.165) is 11.3 Å². The smallest absolute Gasteiger partial charge is 0.163 e. The second kappa shape index (κ2) is 6.05.